The molecule has 0 radical (unpaired) electrons. The lowest BCUT2D eigenvalue weighted by Crippen LogP contribution is -2.06. The summed E-state index contributed by atoms with van der Waals surface area (Å²) in [6.07, 6.45) is 0.759. The minimum absolute atomic E-state index is 0.463. The van der Waals surface area contributed by atoms with E-state index in [4.69, 9.17) is 5.73 Å². The molecule has 82 valence electrons. The van der Waals surface area contributed by atoms with Gasteiger partial charge in [-0.2, -0.15) is 0 Å². The van der Waals surface area contributed by atoms with Crippen LogP contribution >= 0.6 is 0 Å². The molecule has 0 amide bonds. The topological polar surface area (TPSA) is 51.8 Å². The Morgan fingerprint density at radius 2 is 1.88 bits per heavy atom. The molecule has 1 aromatic heterocycles. The van der Waals surface area contributed by atoms with Crippen molar-refractivity contribution in [3.8, 4) is 0 Å². The molecule has 3 heteroatoms. The summed E-state index contributed by atoms with van der Waals surface area (Å²) in [6, 6.07) is 12.1. The van der Waals surface area contributed by atoms with Crippen molar-refractivity contribution in [3.05, 3.63) is 59.2 Å². The van der Waals surface area contributed by atoms with E-state index in [2.05, 4.69) is 22.1 Å². The number of aryl methyl sites for hydroxylation is 1. The van der Waals surface area contributed by atoms with Gasteiger partial charge in [-0.25, -0.2) is 9.97 Å². The van der Waals surface area contributed by atoms with Gasteiger partial charge in [-0.15, -0.1) is 0 Å². The molecule has 2 N–H and O–H groups in total. The zero-order valence-corrected chi connectivity index (χ0v) is 9.35. The predicted octanol–water partition coefficient (Wildman–Crippen LogP) is 1.83. The number of hydrogen-bond donors (Lipinski definition) is 1. The highest BCUT2D eigenvalue weighted by molar-refractivity contribution is 5.20. The first-order chi connectivity index (χ1) is 7.78. The molecule has 0 bridgehead atoms. The number of hydrogen-bond acceptors (Lipinski definition) is 3. The maximum absolute atomic E-state index is 5.59. The van der Waals surface area contributed by atoms with E-state index in [0.717, 1.165) is 23.6 Å². The third-order valence-corrected chi connectivity index (χ3v) is 2.37. The molecular formula is C13H15N3. The van der Waals surface area contributed by atoms with Crippen LogP contribution in [0.15, 0.2) is 36.4 Å². The van der Waals surface area contributed by atoms with Crippen molar-refractivity contribution in [3.63, 3.8) is 0 Å². The lowest BCUT2D eigenvalue weighted by molar-refractivity contribution is 0.874. The summed E-state index contributed by atoms with van der Waals surface area (Å²) >= 11 is 0. The van der Waals surface area contributed by atoms with E-state index < -0.39 is 0 Å². The number of nitrogens with zero attached hydrogens (tertiary/aromatic N) is 2. The monoisotopic (exact) mass is 213 g/mol. The first kappa shape index (κ1) is 10.8. The van der Waals surface area contributed by atoms with Gasteiger partial charge in [-0.05, 0) is 18.6 Å². The van der Waals surface area contributed by atoms with Crippen LogP contribution in [0.5, 0.6) is 0 Å². The second-order valence-electron chi connectivity index (χ2n) is 3.78. The fourth-order valence-electron chi connectivity index (χ4n) is 1.66. The summed E-state index contributed by atoms with van der Waals surface area (Å²) in [7, 11) is 0. The smallest absolute Gasteiger partial charge is 0.133 e. The van der Waals surface area contributed by atoms with Crippen LogP contribution in [0.4, 0.5) is 0 Å². The summed E-state index contributed by atoms with van der Waals surface area (Å²) in [4.78, 5) is 8.82. The Kier molecular flexibility index (Phi) is 3.27. The molecule has 0 unspecified atom stereocenters. The van der Waals surface area contributed by atoms with E-state index in [9.17, 15) is 0 Å². The summed E-state index contributed by atoms with van der Waals surface area (Å²) in [5.41, 5.74) is 8.68. The molecule has 0 atom stereocenters. The maximum Gasteiger partial charge on any atom is 0.133 e. The molecule has 0 saturated carbocycles. The van der Waals surface area contributed by atoms with Gasteiger partial charge in [-0.1, -0.05) is 30.3 Å². The third kappa shape index (κ3) is 2.64. The van der Waals surface area contributed by atoms with Gasteiger partial charge in [0, 0.05) is 18.7 Å². The average Bonchev–Trinajstić information content (AvgIpc) is 2.29. The van der Waals surface area contributed by atoms with Gasteiger partial charge in [0.05, 0.1) is 5.69 Å². The Bertz CT molecular complexity index is 466. The molecule has 1 aromatic carbocycles. The Balaban J connectivity index is 2.24. The maximum atomic E-state index is 5.59. The first-order valence-electron chi connectivity index (χ1n) is 5.35. The SMILES string of the molecule is Cc1cc(CN)nc(Cc2ccccc2)n1. The molecule has 0 fully saturated rings. The molecule has 0 aliphatic rings. The number of rotatable bonds is 3. The van der Waals surface area contributed by atoms with E-state index >= 15 is 0 Å². The van der Waals surface area contributed by atoms with Crippen LogP contribution < -0.4 is 5.73 Å². The van der Waals surface area contributed by atoms with Crippen molar-refractivity contribution in [2.45, 2.75) is 19.9 Å². The van der Waals surface area contributed by atoms with Gasteiger partial charge < -0.3 is 5.73 Å². The quantitative estimate of drug-likeness (QED) is 0.846. The lowest BCUT2D eigenvalue weighted by Gasteiger charge is -2.04. The fourth-order valence-corrected chi connectivity index (χ4v) is 1.66. The van der Waals surface area contributed by atoms with E-state index in [0.29, 0.717) is 6.54 Å². The van der Waals surface area contributed by atoms with Crippen LogP contribution in [0.2, 0.25) is 0 Å². The summed E-state index contributed by atoms with van der Waals surface area (Å²) < 4.78 is 0. The fraction of sp³-hybridized carbons (Fsp3) is 0.231. The highest BCUT2D eigenvalue weighted by Gasteiger charge is 2.02. The Morgan fingerprint density at radius 1 is 1.12 bits per heavy atom. The molecular weight excluding hydrogens is 198 g/mol. The van der Waals surface area contributed by atoms with Gasteiger partial charge >= 0.3 is 0 Å². The zero-order chi connectivity index (χ0) is 11.4. The van der Waals surface area contributed by atoms with E-state index in [1.165, 1.54) is 5.56 Å². The highest BCUT2D eigenvalue weighted by Crippen LogP contribution is 2.07. The number of nitrogens with two attached hydrogens (primary N) is 1. The molecule has 2 aromatic rings. The summed E-state index contributed by atoms with van der Waals surface area (Å²) in [5, 5.41) is 0. The Labute approximate surface area is 95.4 Å². The largest absolute Gasteiger partial charge is 0.325 e. The van der Waals surface area contributed by atoms with Gasteiger partial charge in [0.1, 0.15) is 5.82 Å². The van der Waals surface area contributed by atoms with Crippen molar-refractivity contribution in [2.24, 2.45) is 5.73 Å². The summed E-state index contributed by atoms with van der Waals surface area (Å²) in [6.45, 7) is 2.43. The van der Waals surface area contributed by atoms with Crippen molar-refractivity contribution < 1.29 is 0 Å². The zero-order valence-electron chi connectivity index (χ0n) is 9.35. The van der Waals surface area contributed by atoms with E-state index in [-0.39, 0.29) is 0 Å². The molecule has 1 heterocycles. The molecule has 16 heavy (non-hydrogen) atoms. The van der Waals surface area contributed by atoms with Crippen LogP contribution in [0.3, 0.4) is 0 Å². The highest BCUT2D eigenvalue weighted by atomic mass is 14.9. The normalized spacial score (nSPS) is 10.4. The van der Waals surface area contributed by atoms with Gasteiger partial charge in [0.15, 0.2) is 0 Å². The van der Waals surface area contributed by atoms with E-state index in [1.54, 1.807) is 0 Å². The van der Waals surface area contributed by atoms with Crippen molar-refractivity contribution in [2.75, 3.05) is 0 Å². The minimum atomic E-state index is 0.463. The molecule has 0 aliphatic carbocycles. The lowest BCUT2D eigenvalue weighted by atomic mass is 10.1. The van der Waals surface area contributed by atoms with Gasteiger partial charge in [-0.3, -0.25) is 0 Å². The van der Waals surface area contributed by atoms with Crippen LogP contribution in [0.1, 0.15) is 22.8 Å². The second-order valence-corrected chi connectivity index (χ2v) is 3.78. The van der Waals surface area contributed by atoms with E-state index in [1.807, 2.05) is 31.2 Å². The van der Waals surface area contributed by atoms with Crippen LogP contribution in [0.25, 0.3) is 0 Å². The Morgan fingerprint density at radius 3 is 2.56 bits per heavy atom. The number of aromatic nitrogens is 2. The Hall–Kier alpha value is -1.74. The predicted molar refractivity (Wildman–Crippen MR) is 63.9 cm³/mol. The molecule has 2 rings (SSSR count). The van der Waals surface area contributed by atoms with Crippen LogP contribution in [0, 0.1) is 6.92 Å². The minimum Gasteiger partial charge on any atom is -0.325 e. The summed E-state index contributed by atoms with van der Waals surface area (Å²) in [5.74, 6) is 0.839. The van der Waals surface area contributed by atoms with Crippen LogP contribution in [-0.2, 0) is 13.0 Å². The van der Waals surface area contributed by atoms with Crippen molar-refractivity contribution in [1.29, 1.82) is 0 Å². The number of benzene rings is 1. The molecule has 0 saturated heterocycles. The molecule has 3 nitrogen and oxygen atoms in total. The first-order valence-corrected chi connectivity index (χ1v) is 5.35. The van der Waals surface area contributed by atoms with Crippen molar-refractivity contribution >= 4 is 0 Å². The van der Waals surface area contributed by atoms with Gasteiger partial charge in [0.2, 0.25) is 0 Å². The van der Waals surface area contributed by atoms with Gasteiger partial charge in [0.25, 0.3) is 0 Å². The second kappa shape index (κ2) is 4.86. The van der Waals surface area contributed by atoms with Crippen molar-refractivity contribution in [1.82, 2.24) is 9.97 Å². The molecule has 0 aliphatic heterocycles. The van der Waals surface area contributed by atoms with Crippen LogP contribution in [-0.4, -0.2) is 9.97 Å². The average molecular weight is 213 g/mol. The third-order valence-electron chi connectivity index (χ3n) is 2.37. The standard InChI is InChI=1S/C13H15N3/c1-10-7-12(9-14)16-13(15-10)8-11-5-3-2-4-6-11/h2-7H,8-9,14H2,1H3. The molecule has 0 spiro atoms.